The molecule has 0 radical (unpaired) electrons. The third-order valence-corrected chi connectivity index (χ3v) is 4.39. The van der Waals surface area contributed by atoms with Crippen LogP contribution in [0.4, 0.5) is 14.5 Å². The van der Waals surface area contributed by atoms with Crippen LogP contribution in [-0.2, 0) is 0 Å². The van der Waals surface area contributed by atoms with E-state index in [0.717, 1.165) is 16.0 Å². The standard InChI is InChI=1S/C12H7FN4O2S2/c13-7-1-3-9-10(5-7)21-12(15-9)16-14-6-8-2-4-11(20-8)17(18)19/h1-6H,(H,15,16). The van der Waals surface area contributed by atoms with Crippen molar-refractivity contribution in [2.45, 2.75) is 0 Å². The molecule has 0 saturated carbocycles. The third kappa shape index (κ3) is 3.03. The highest BCUT2D eigenvalue weighted by molar-refractivity contribution is 7.22. The second-order valence-corrected chi connectivity index (χ2v) is 6.06. The van der Waals surface area contributed by atoms with Crippen molar-refractivity contribution < 1.29 is 9.31 Å². The van der Waals surface area contributed by atoms with Crippen LogP contribution in [0.3, 0.4) is 0 Å². The van der Waals surface area contributed by atoms with Crippen LogP contribution in [0.5, 0.6) is 0 Å². The number of benzene rings is 1. The molecule has 3 rings (SSSR count). The SMILES string of the molecule is O=[N+]([O-])c1ccc(C=NNc2nc3ccc(F)cc3s2)s1. The Morgan fingerprint density at radius 2 is 2.19 bits per heavy atom. The number of nitrogens with one attached hydrogen (secondary N) is 1. The predicted molar refractivity (Wildman–Crippen MR) is 81.8 cm³/mol. The second-order valence-electron chi connectivity index (χ2n) is 3.93. The number of halogens is 1. The molecule has 0 spiro atoms. The van der Waals surface area contributed by atoms with Crippen molar-refractivity contribution in [2.24, 2.45) is 5.10 Å². The molecule has 1 N–H and O–H groups in total. The molecule has 2 heterocycles. The zero-order valence-corrected chi connectivity index (χ0v) is 11.9. The molecule has 0 amide bonds. The van der Waals surface area contributed by atoms with Crippen LogP contribution >= 0.6 is 22.7 Å². The van der Waals surface area contributed by atoms with E-state index < -0.39 is 4.92 Å². The molecular weight excluding hydrogens is 315 g/mol. The largest absolute Gasteiger partial charge is 0.324 e. The molecule has 0 atom stereocenters. The van der Waals surface area contributed by atoms with Crippen molar-refractivity contribution in [3.63, 3.8) is 0 Å². The van der Waals surface area contributed by atoms with E-state index in [9.17, 15) is 14.5 Å². The maximum absolute atomic E-state index is 13.1. The lowest BCUT2D eigenvalue weighted by atomic mass is 10.3. The number of hydrazone groups is 1. The van der Waals surface area contributed by atoms with Gasteiger partial charge in [-0.3, -0.25) is 15.5 Å². The summed E-state index contributed by atoms with van der Waals surface area (Å²) in [6, 6.07) is 7.39. The molecule has 0 fully saturated rings. The number of fused-ring (bicyclic) bond motifs is 1. The Labute approximate surface area is 125 Å². The van der Waals surface area contributed by atoms with E-state index in [1.54, 1.807) is 12.1 Å². The summed E-state index contributed by atoms with van der Waals surface area (Å²) < 4.78 is 13.8. The van der Waals surface area contributed by atoms with E-state index in [1.165, 1.54) is 35.8 Å². The Balaban J connectivity index is 1.73. The highest BCUT2D eigenvalue weighted by atomic mass is 32.1. The first-order chi connectivity index (χ1) is 10.1. The van der Waals surface area contributed by atoms with Gasteiger partial charge in [-0.1, -0.05) is 22.7 Å². The van der Waals surface area contributed by atoms with Crippen LogP contribution in [0.15, 0.2) is 35.4 Å². The number of nitro groups is 1. The maximum atomic E-state index is 13.1. The molecule has 0 aliphatic carbocycles. The van der Waals surface area contributed by atoms with Crippen LogP contribution in [0, 0.1) is 15.9 Å². The molecule has 106 valence electrons. The number of hydrogen-bond donors (Lipinski definition) is 1. The molecule has 6 nitrogen and oxygen atoms in total. The molecule has 21 heavy (non-hydrogen) atoms. The Morgan fingerprint density at radius 3 is 2.95 bits per heavy atom. The Bertz CT molecular complexity index is 843. The number of hydrogen-bond acceptors (Lipinski definition) is 7. The average Bonchev–Trinajstić information content (AvgIpc) is 3.04. The molecule has 2 aromatic heterocycles. The normalized spacial score (nSPS) is 11.3. The van der Waals surface area contributed by atoms with E-state index >= 15 is 0 Å². The van der Waals surface area contributed by atoms with Crippen LogP contribution in [0.1, 0.15) is 4.88 Å². The van der Waals surface area contributed by atoms with E-state index in [-0.39, 0.29) is 10.8 Å². The molecule has 1 aromatic carbocycles. The first kappa shape index (κ1) is 13.6. The van der Waals surface area contributed by atoms with Crippen LogP contribution in [0.25, 0.3) is 10.2 Å². The quantitative estimate of drug-likeness (QED) is 0.449. The van der Waals surface area contributed by atoms with Gasteiger partial charge in [0, 0.05) is 6.07 Å². The molecule has 9 heteroatoms. The van der Waals surface area contributed by atoms with Crippen molar-refractivity contribution in [2.75, 3.05) is 5.43 Å². The molecule has 0 unspecified atom stereocenters. The van der Waals surface area contributed by atoms with E-state index in [4.69, 9.17) is 0 Å². The van der Waals surface area contributed by atoms with Gasteiger partial charge in [-0.15, -0.1) is 0 Å². The topological polar surface area (TPSA) is 80.4 Å². The fourth-order valence-electron chi connectivity index (χ4n) is 1.61. The Kier molecular flexibility index (Phi) is 3.59. The summed E-state index contributed by atoms with van der Waals surface area (Å²) in [7, 11) is 0. The number of thiazole rings is 1. The summed E-state index contributed by atoms with van der Waals surface area (Å²) in [4.78, 5) is 15.0. The van der Waals surface area contributed by atoms with Gasteiger partial charge >= 0.3 is 5.00 Å². The number of aromatic nitrogens is 1. The summed E-state index contributed by atoms with van der Waals surface area (Å²) in [5, 5.41) is 15.1. The first-order valence-electron chi connectivity index (χ1n) is 5.71. The zero-order valence-electron chi connectivity index (χ0n) is 10.3. The smallest absolute Gasteiger partial charge is 0.258 e. The highest BCUT2D eigenvalue weighted by Crippen LogP contribution is 2.26. The molecule has 3 aromatic rings. The Morgan fingerprint density at radius 1 is 1.33 bits per heavy atom. The van der Waals surface area contributed by atoms with Gasteiger partial charge in [0.1, 0.15) is 5.82 Å². The van der Waals surface area contributed by atoms with Crippen molar-refractivity contribution >= 4 is 49.2 Å². The van der Waals surface area contributed by atoms with Gasteiger partial charge in [-0.05, 0) is 24.3 Å². The lowest BCUT2D eigenvalue weighted by Gasteiger charge is -1.90. The summed E-state index contributed by atoms with van der Waals surface area (Å²) >= 11 is 2.30. The van der Waals surface area contributed by atoms with Crippen molar-refractivity contribution in [1.29, 1.82) is 0 Å². The molecule has 0 aliphatic rings. The second kappa shape index (κ2) is 5.54. The van der Waals surface area contributed by atoms with Gasteiger partial charge in [-0.25, -0.2) is 9.37 Å². The van der Waals surface area contributed by atoms with E-state index in [0.29, 0.717) is 15.5 Å². The van der Waals surface area contributed by atoms with Crippen LogP contribution in [0.2, 0.25) is 0 Å². The van der Waals surface area contributed by atoms with Gasteiger partial charge in [0.25, 0.3) is 0 Å². The number of nitrogens with zero attached hydrogens (tertiary/aromatic N) is 3. The molecule has 0 bridgehead atoms. The van der Waals surface area contributed by atoms with Crippen molar-refractivity contribution in [3.8, 4) is 0 Å². The Hall–Kier alpha value is -2.39. The minimum absolute atomic E-state index is 0.0620. The summed E-state index contributed by atoms with van der Waals surface area (Å²) in [6.45, 7) is 0. The van der Waals surface area contributed by atoms with Crippen LogP contribution < -0.4 is 5.43 Å². The maximum Gasteiger partial charge on any atom is 0.324 e. The lowest BCUT2D eigenvalue weighted by Crippen LogP contribution is -1.87. The van der Waals surface area contributed by atoms with Gasteiger partial charge in [0.15, 0.2) is 0 Å². The van der Waals surface area contributed by atoms with Gasteiger partial charge in [0.2, 0.25) is 5.13 Å². The van der Waals surface area contributed by atoms with Gasteiger partial charge < -0.3 is 0 Å². The number of thiophene rings is 1. The fraction of sp³-hybridized carbons (Fsp3) is 0. The number of rotatable bonds is 4. The minimum atomic E-state index is -0.447. The summed E-state index contributed by atoms with van der Waals surface area (Å²) in [6.07, 6.45) is 1.48. The third-order valence-electron chi connectivity index (χ3n) is 2.50. The van der Waals surface area contributed by atoms with Crippen molar-refractivity contribution in [1.82, 2.24) is 4.98 Å². The van der Waals surface area contributed by atoms with E-state index in [1.807, 2.05) is 0 Å². The lowest BCUT2D eigenvalue weighted by molar-refractivity contribution is -0.380. The van der Waals surface area contributed by atoms with Crippen molar-refractivity contribution in [3.05, 3.63) is 51.1 Å². The molecule has 0 saturated heterocycles. The molecular formula is C12H7FN4O2S2. The summed E-state index contributed by atoms with van der Waals surface area (Å²) in [5.74, 6) is -0.313. The van der Waals surface area contributed by atoms with E-state index in [2.05, 4.69) is 15.5 Å². The first-order valence-corrected chi connectivity index (χ1v) is 7.34. The average molecular weight is 322 g/mol. The highest BCUT2D eigenvalue weighted by Gasteiger charge is 2.08. The van der Waals surface area contributed by atoms with Crippen LogP contribution in [-0.4, -0.2) is 16.1 Å². The molecule has 0 aliphatic heterocycles. The van der Waals surface area contributed by atoms with Gasteiger partial charge in [0.05, 0.1) is 26.2 Å². The predicted octanol–water partition coefficient (Wildman–Crippen LogP) is 3.85. The minimum Gasteiger partial charge on any atom is -0.258 e. The van der Waals surface area contributed by atoms with Gasteiger partial charge in [-0.2, -0.15) is 5.10 Å². The zero-order chi connectivity index (χ0) is 14.8. The number of anilines is 1. The monoisotopic (exact) mass is 322 g/mol. The summed E-state index contributed by atoms with van der Waals surface area (Å²) in [5.41, 5.74) is 3.42. The fourth-order valence-corrected chi connectivity index (χ4v) is 3.14.